The van der Waals surface area contributed by atoms with Crippen LogP contribution in [0.25, 0.3) is 0 Å². The van der Waals surface area contributed by atoms with Gasteiger partial charge in [-0.25, -0.2) is 5.43 Å². The number of nitrogens with one attached hydrogen (secondary N) is 1. The van der Waals surface area contributed by atoms with Gasteiger partial charge in [-0.1, -0.05) is 26.0 Å². The van der Waals surface area contributed by atoms with Crippen LogP contribution in [-0.2, 0) is 4.79 Å². The molecule has 0 spiro atoms. The average molecular weight is 355 g/mol. The Hall–Kier alpha value is -3.22. The van der Waals surface area contributed by atoms with Gasteiger partial charge in [0.2, 0.25) is 0 Å². The molecule has 1 unspecified atom stereocenters. The molecule has 0 aromatic heterocycles. The van der Waals surface area contributed by atoms with Crippen LogP contribution < -0.4 is 10.2 Å². The molecule has 0 heterocycles. The maximum absolute atomic E-state index is 11.7. The predicted octanol–water partition coefficient (Wildman–Crippen LogP) is 3.64. The number of carbonyl (C=O) groups excluding carboxylic acids is 1. The fourth-order valence-corrected chi connectivity index (χ4v) is 2.17. The molecular formula is C19H21N3O4. The number of nitro benzene ring substituents is 1. The Morgan fingerprint density at radius 3 is 2.46 bits per heavy atom. The smallest absolute Gasteiger partial charge is 0.277 e. The third-order valence-corrected chi connectivity index (χ3v) is 3.94. The number of nitro groups is 1. The molecule has 0 fully saturated rings. The first-order valence-electron chi connectivity index (χ1n) is 8.28. The number of non-ortho nitro benzene ring substituents is 1. The van der Waals surface area contributed by atoms with Gasteiger partial charge in [-0.05, 0) is 47.7 Å². The van der Waals surface area contributed by atoms with Crippen molar-refractivity contribution < 1.29 is 14.5 Å². The third kappa shape index (κ3) is 5.70. The molecule has 2 aromatic carbocycles. The van der Waals surface area contributed by atoms with Crippen LogP contribution in [0.1, 0.15) is 37.3 Å². The zero-order valence-corrected chi connectivity index (χ0v) is 14.7. The Kier molecular flexibility index (Phi) is 6.84. The lowest BCUT2D eigenvalue weighted by Crippen LogP contribution is -2.24. The maximum atomic E-state index is 11.7. The molecule has 7 heteroatoms. The quantitative estimate of drug-likeness (QED) is 0.444. The normalized spacial score (nSPS) is 11.9. The van der Waals surface area contributed by atoms with E-state index >= 15 is 0 Å². The van der Waals surface area contributed by atoms with E-state index in [9.17, 15) is 14.9 Å². The van der Waals surface area contributed by atoms with Gasteiger partial charge in [-0.15, -0.1) is 0 Å². The summed E-state index contributed by atoms with van der Waals surface area (Å²) in [5.41, 5.74) is 4.22. The number of hydrogen-bond acceptors (Lipinski definition) is 5. The zero-order chi connectivity index (χ0) is 18.9. The predicted molar refractivity (Wildman–Crippen MR) is 99.5 cm³/mol. The molecule has 1 N–H and O–H groups in total. The van der Waals surface area contributed by atoms with Crippen LogP contribution >= 0.6 is 0 Å². The van der Waals surface area contributed by atoms with Crippen molar-refractivity contribution in [2.24, 2.45) is 5.10 Å². The number of benzene rings is 2. The molecule has 136 valence electrons. The molecule has 0 aliphatic carbocycles. The van der Waals surface area contributed by atoms with Crippen LogP contribution in [0, 0.1) is 10.1 Å². The van der Waals surface area contributed by atoms with Gasteiger partial charge in [0, 0.05) is 12.1 Å². The first kappa shape index (κ1) is 19.1. The first-order valence-corrected chi connectivity index (χ1v) is 8.28. The van der Waals surface area contributed by atoms with Crippen LogP contribution in [0.5, 0.6) is 5.75 Å². The minimum Gasteiger partial charge on any atom is -0.484 e. The number of ether oxygens (including phenoxy) is 1. The summed E-state index contributed by atoms with van der Waals surface area (Å²) >= 11 is 0. The summed E-state index contributed by atoms with van der Waals surface area (Å²) in [5.74, 6) is 0.710. The largest absolute Gasteiger partial charge is 0.484 e. The standard InChI is InChI=1S/C19H21N3O4/c1-3-14(2)16-6-10-18(11-7-16)26-13-19(23)21-20-12-15-4-8-17(9-5-15)22(24)25/h4-12,14H,3,13H2,1-2H3,(H,21,23). The fraction of sp³-hybridized carbons (Fsp3) is 0.263. The molecule has 1 atom stereocenters. The number of amides is 1. The molecule has 2 rings (SSSR count). The minimum atomic E-state index is -0.477. The maximum Gasteiger partial charge on any atom is 0.277 e. The van der Waals surface area contributed by atoms with Crippen molar-refractivity contribution in [1.82, 2.24) is 5.43 Å². The van der Waals surface area contributed by atoms with Crippen molar-refractivity contribution in [1.29, 1.82) is 0 Å². The van der Waals surface area contributed by atoms with Crippen LogP contribution in [0.3, 0.4) is 0 Å². The Morgan fingerprint density at radius 2 is 1.88 bits per heavy atom. The van der Waals surface area contributed by atoms with Gasteiger partial charge in [0.05, 0.1) is 11.1 Å². The van der Waals surface area contributed by atoms with E-state index in [1.807, 2.05) is 24.3 Å². The Bertz CT molecular complexity index is 770. The summed E-state index contributed by atoms with van der Waals surface area (Å²) in [6.45, 7) is 4.14. The first-order chi connectivity index (χ1) is 12.5. The van der Waals surface area contributed by atoms with Crippen LogP contribution in [0.15, 0.2) is 53.6 Å². The molecule has 2 aromatic rings. The second-order valence-corrected chi connectivity index (χ2v) is 5.81. The summed E-state index contributed by atoms with van der Waals surface area (Å²) in [5, 5.41) is 14.4. The van der Waals surface area contributed by atoms with Crippen molar-refractivity contribution >= 4 is 17.8 Å². The summed E-state index contributed by atoms with van der Waals surface area (Å²) in [6.07, 6.45) is 2.47. The van der Waals surface area contributed by atoms with Gasteiger partial charge in [0.25, 0.3) is 11.6 Å². The Labute approximate surface area is 151 Å². The van der Waals surface area contributed by atoms with Crippen LogP contribution in [0.4, 0.5) is 5.69 Å². The molecule has 7 nitrogen and oxygen atoms in total. The summed E-state index contributed by atoms with van der Waals surface area (Å²) in [6, 6.07) is 13.5. The van der Waals surface area contributed by atoms with Gasteiger partial charge < -0.3 is 4.74 Å². The lowest BCUT2D eigenvalue weighted by molar-refractivity contribution is -0.384. The number of rotatable bonds is 8. The SMILES string of the molecule is CCC(C)c1ccc(OCC(=O)NN=Cc2ccc([N+](=O)[O-])cc2)cc1. The zero-order valence-electron chi connectivity index (χ0n) is 14.7. The Balaban J connectivity index is 1.78. The van der Waals surface area contributed by atoms with E-state index in [-0.39, 0.29) is 12.3 Å². The minimum absolute atomic E-state index is 0.000986. The molecule has 26 heavy (non-hydrogen) atoms. The molecular weight excluding hydrogens is 334 g/mol. The van der Waals surface area contributed by atoms with Gasteiger partial charge in [-0.3, -0.25) is 14.9 Å². The molecule has 0 aliphatic rings. The number of nitrogens with zero attached hydrogens (tertiary/aromatic N) is 2. The highest BCUT2D eigenvalue weighted by atomic mass is 16.6. The van der Waals surface area contributed by atoms with Gasteiger partial charge >= 0.3 is 0 Å². The molecule has 1 amide bonds. The topological polar surface area (TPSA) is 93.8 Å². The molecule has 0 radical (unpaired) electrons. The van der Waals surface area contributed by atoms with Crippen molar-refractivity contribution in [3.63, 3.8) is 0 Å². The third-order valence-electron chi connectivity index (χ3n) is 3.94. The number of carbonyl (C=O) groups is 1. The second kappa shape index (κ2) is 9.31. The van der Waals surface area contributed by atoms with Crippen LogP contribution in [-0.4, -0.2) is 23.7 Å². The van der Waals surface area contributed by atoms with E-state index in [1.54, 1.807) is 12.1 Å². The van der Waals surface area contributed by atoms with Crippen LogP contribution in [0.2, 0.25) is 0 Å². The molecule has 0 saturated heterocycles. The molecule has 0 bridgehead atoms. The summed E-state index contributed by atoms with van der Waals surface area (Å²) in [7, 11) is 0. The number of hydrazone groups is 1. The van der Waals surface area contributed by atoms with Gasteiger partial charge in [0.1, 0.15) is 5.75 Å². The molecule has 0 saturated carbocycles. The highest BCUT2D eigenvalue weighted by Crippen LogP contribution is 2.21. The summed E-state index contributed by atoms with van der Waals surface area (Å²) in [4.78, 5) is 21.8. The summed E-state index contributed by atoms with van der Waals surface area (Å²) < 4.78 is 5.42. The van der Waals surface area contributed by atoms with E-state index in [4.69, 9.17) is 4.74 Å². The lowest BCUT2D eigenvalue weighted by Gasteiger charge is -2.10. The van der Waals surface area contributed by atoms with E-state index in [0.717, 1.165) is 6.42 Å². The van der Waals surface area contributed by atoms with Gasteiger partial charge in [-0.2, -0.15) is 5.10 Å². The van der Waals surface area contributed by atoms with Crippen molar-refractivity contribution in [2.45, 2.75) is 26.2 Å². The van der Waals surface area contributed by atoms with Crippen molar-refractivity contribution in [3.8, 4) is 5.75 Å². The van der Waals surface area contributed by atoms with E-state index in [0.29, 0.717) is 17.2 Å². The van der Waals surface area contributed by atoms with E-state index < -0.39 is 10.8 Å². The highest BCUT2D eigenvalue weighted by Gasteiger charge is 2.05. The van der Waals surface area contributed by atoms with Crippen molar-refractivity contribution in [2.75, 3.05) is 6.61 Å². The number of hydrogen-bond donors (Lipinski definition) is 1. The highest BCUT2D eigenvalue weighted by molar-refractivity contribution is 5.83. The average Bonchev–Trinajstić information content (AvgIpc) is 2.66. The van der Waals surface area contributed by atoms with E-state index in [1.165, 1.54) is 23.9 Å². The lowest BCUT2D eigenvalue weighted by atomic mass is 9.99. The monoisotopic (exact) mass is 355 g/mol. The Morgan fingerprint density at radius 1 is 1.23 bits per heavy atom. The molecule has 0 aliphatic heterocycles. The fourth-order valence-electron chi connectivity index (χ4n) is 2.17. The second-order valence-electron chi connectivity index (χ2n) is 5.81. The van der Waals surface area contributed by atoms with E-state index in [2.05, 4.69) is 24.4 Å². The van der Waals surface area contributed by atoms with Crippen molar-refractivity contribution in [3.05, 3.63) is 69.8 Å². The van der Waals surface area contributed by atoms with Gasteiger partial charge in [0.15, 0.2) is 6.61 Å².